The molecular weight excluding hydrogens is 302 g/mol. The summed E-state index contributed by atoms with van der Waals surface area (Å²) in [7, 11) is 0. The number of hydrogen-bond acceptors (Lipinski definition) is 1. The molecule has 0 aliphatic heterocycles. The van der Waals surface area contributed by atoms with Crippen LogP contribution in [0.2, 0.25) is 10.0 Å². The molecule has 0 aliphatic carbocycles. The number of hydrogen-bond donors (Lipinski definition) is 1. The van der Waals surface area contributed by atoms with Gasteiger partial charge in [0.2, 0.25) is 0 Å². The Labute approximate surface area is 125 Å². The van der Waals surface area contributed by atoms with Crippen molar-refractivity contribution >= 4 is 29.2 Å². The van der Waals surface area contributed by atoms with Crippen molar-refractivity contribution in [3.8, 4) is 0 Å². The molecule has 1 unspecified atom stereocenters. The van der Waals surface area contributed by atoms with Crippen LogP contribution in [-0.2, 0) is 11.2 Å². The van der Waals surface area contributed by atoms with Gasteiger partial charge in [0.1, 0.15) is 5.82 Å². The molecule has 2 nitrogen and oxygen atoms in total. The molecule has 5 heteroatoms. The van der Waals surface area contributed by atoms with Gasteiger partial charge in [-0.1, -0.05) is 41.4 Å². The van der Waals surface area contributed by atoms with Crippen molar-refractivity contribution in [2.75, 3.05) is 0 Å². The molecule has 0 saturated carbocycles. The van der Waals surface area contributed by atoms with E-state index in [0.29, 0.717) is 16.1 Å². The van der Waals surface area contributed by atoms with E-state index >= 15 is 0 Å². The van der Waals surface area contributed by atoms with Gasteiger partial charge in [-0.05, 0) is 41.8 Å². The number of halogens is 3. The second-order valence-electron chi connectivity index (χ2n) is 4.39. The van der Waals surface area contributed by atoms with Gasteiger partial charge in [-0.15, -0.1) is 0 Å². The summed E-state index contributed by atoms with van der Waals surface area (Å²) in [6.07, 6.45) is 0.0404. The van der Waals surface area contributed by atoms with E-state index in [0.717, 1.165) is 0 Å². The third-order valence-corrected chi connectivity index (χ3v) is 3.46. The Balaban J connectivity index is 2.33. The zero-order chi connectivity index (χ0) is 14.7. The summed E-state index contributed by atoms with van der Waals surface area (Å²) < 4.78 is 13.8. The lowest BCUT2D eigenvalue weighted by Gasteiger charge is -2.14. The fourth-order valence-corrected chi connectivity index (χ4v) is 2.34. The van der Waals surface area contributed by atoms with Gasteiger partial charge in [0, 0.05) is 10.0 Å². The Morgan fingerprint density at radius 3 is 2.45 bits per heavy atom. The van der Waals surface area contributed by atoms with Gasteiger partial charge >= 0.3 is 5.97 Å². The van der Waals surface area contributed by atoms with E-state index < -0.39 is 17.7 Å². The lowest BCUT2D eigenvalue weighted by Crippen LogP contribution is -2.15. The molecule has 0 aromatic heterocycles. The first-order chi connectivity index (χ1) is 9.47. The van der Waals surface area contributed by atoms with E-state index in [1.165, 1.54) is 18.2 Å². The highest BCUT2D eigenvalue weighted by atomic mass is 35.5. The van der Waals surface area contributed by atoms with Gasteiger partial charge in [-0.3, -0.25) is 4.79 Å². The van der Waals surface area contributed by atoms with Gasteiger partial charge < -0.3 is 5.11 Å². The topological polar surface area (TPSA) is 37.3 Å². The number of rotatable bonds is 4. The van der Waals surface area contributed by atoms with Crippen molar-refractivity contribution in [2.24, 2.45) is 0 Å². The van der Waals surface area contributed by atoms with Crippen LogP contribution in [-0.4, -0.2) is 11.1 Å². The third-order valence-electron chi connectivity index (χ3n) is 2.99. The first-order valence-corrected chi connectivity index (χ1v) is 6.65. The minimum atomic E-state index is -1.03. The minimum Gasteiger partial charge on any atom is -0.481 e. The smallest absolute Gasteiger partial charge is 0.311 e. The Kier molecular flexibility index (Phi) is 4.63. The predicted molar refractivity (Wildman–Crippen MR) is 76.9 cm³/mol. The second-order valence-corrected chi connectivity index (χ2v) is 5.26. The van der Waals surface area contributed by atoms with Crippen molar-refractivity contribution in [2.45, 2.75) is 12.3 Å². The van der Waals surface area contributed by atoms with Gasteiger partial charge in [-0.2, -0.15) is 0 Å². The molecule has 1 atom stereocenters. The van der Waals surface area contributed by atoms with Gasteiger partial charge in [-0.25, -0.2) is 4.39 Å². The molecule has 0 radical (unpaired) electrons. The SMILES string of the molecule is O=C(O)C(Cc1ccc(Cl)cc1F)c1cccc(Cl)c1. The summed E-state index contributed by atoms with van der Waals surface area (Å²) in [6, 6.07) is 10.8. The highest BCUT2D eigenvalue weighted by Gasteiger charge is 2.22. The van der Waals surface area contributed by atoms with Crippen LogP contribution in [0.15, 0.2) is 42.5 Å². The summed E-state index contributed by atoms with van der Waals surface area (Å²) in [6.45, 7) is 0. The maximum atomic E-state index is 13.8. The quantitative estimate of drug-likeness (QED) is 0.899. The van der Waals surface area contributed by atoms with Crippen molar-refractivity contribution in [1.29, 1.82) is 0 Å². The lowest BCUT2D eigenvalue weighted by atomic mass is 9.92. The molecule has 104 valence electrons. The molecular formula is C15H11Cl2FO2. The maximum absolute atomic E-state index is 13.8. The van der Waals surface area contributed by atoms with E-state index in [2.05, 4.69) is 0 Å². The fourth-order valence-electron chi connectivity index (χ4n) is 1.98. The molecule has 1 N–H and O–H groups in total. The first kappa shape index (κ1) is 14.8. The maximum Gasteiger partial charge on any atom is 0.311 e. The average Bonchev–Trinajstić information content (AvgIpc) is 2.37. The number of benzene rings is 2. The predicted octanol–water partition coefficient (Wildman–Crippen LogP) is 4.54. The van der Waals surface area contributed by atoms with E-state index in [-0.39, 0.29) is 11.4 Å². The summed E-state index contributed by atoms with van der Waals surface area (Å²) in [5.41, 5.74) is 0.848. The fraction of sp³-hybridized carbons (Fsp3) is 0.133. The van der Waals surface area contributed by atoms with Crippen molar-refractivity contribution in [1.82, 2.24) is 0 Å². The Bertz CT molecular complexity index is 644. The summed E-state index contributed by atoms with van der Waals surface area (Å²) in [4.78, 5) is 11.4. The standard InChI is InChI=1S/C15H11Cl2FO2/c16-11-3-1-2-9(6-11)13(15(19)20)7-10-4-5-12(17)8-14(10)18/h1-6,8,13H,7H2,(H,19,20). The normalized spacial score (nSPS) is 12.2. The molecule has 0 bridgehead atoms. The van der Waals surface area contributed by atoms with E-state index in [1.54, 1.807) is 24.3 Å². The third kappa shape index (κ3) is 3.50. The number of carboxylic acids is 1. The van der Waals surface area contributed by atoms with Crippen molar-refractivity contribution < 1.29 is 14.3 Å². The minimum absolute atomic E-state index is 0.0404. The van der Waals surface area contributed by atoms with Crippen LogP contribution in [0.3, 0.4) is 0 Å². The van der Waals surface area contributed by atoms with E-state index in [4.69, 9.17) is 23.2 Å². The number of carboxylic acid groups (broad SMARTS) is 1. The van der Waals surface area contributed by atoms with Crippen LogP contribution in [0.1, 0.15) is 17.0 Å². The Morgan fingerprint density at radius 2 is 1.85 bits per heavy atom. The van der Waals surface area contributed by atoms with Gasteiger partial charge in [0.25, 0.3) is 0 Å². The highest BCUT2D eigenvalue weighted by molar-refractivity contribution is 6.30. The average molecular weight is 313 g/mol. The van der Waals surface area contributed by atoms with Crippen LogP contribution < -0.4 is 0 Å². The highest BCUT2D eigenvalue weighted by Crippen LogP contribution is 2.26. The van der Waals surface area contributed by atoms with Crippen LogP contribution in [0.25, 0.3) is 0 Å². The molecule has 2 aromatic rings. The van der Waals surface area contributed by atoms with E-state index in [9.17, 15) is 14.3 Å². The number of aliphatic carboxylic acids is 1. The second kappa shape index (κ2) is 6.25. The first-order valence-electron chi connectivity index (χ1n) is 5.89. The van der Waals surface area contributed by atoms with Crippen LogP contribution in [0.5, 0.6) is 0 Å². The Morgan fingerprint density at radius 1 is 1.15 bits per heavy atom. The Hall–Kier alpha value is -1.58. The molecule has 0 amide bonds. The molecule has 20 heavy (non-hydrogen) atoms. The van der Waals surface area contributed by atoms with Crippen LogP contribution >= 0.6 is 23.2 Å². The summed E-state index contributed by atoms with van der Waals surface area (Å²) in [5, 5.41) is 10.1. The molecule has 2 rings (SSSR count). The number of carbonyl (C=O) groups is 1. The molecule has 0 aliphatic rings. The van der Waals surface area contributed by atoms with Gasteiger partial charge in [0.05, 0.1) is 5.92 Å². The summed E-state index contributed by atoms with van der Waals surface area (Å²) >= 11 is 11.5. The van der Waals surface area contributed by atoms with E-state index in [1.807, 2.05) is 0 Å². The van der Waals surface area contributed by atoms with Crippen LogP contribution in [0, 0.1) is 5.82 Å². The van der Waals surface area contributed by atoms with Gasteiger partial charge in [0.15, 0.2) is 0 Å². The van der Waals surface area contributed by atoms with Crippen LogP contribution in [0.4, 0.5) is 4.39 Å². The molecule has 0 heterocycles. The molecule has 0 saturated heterocycles. The molecule has 0 fully saturated rings. The van der Waals surface area contributed by atoms with Crippen molar-refractivity contribution in [3.63, 3.8) is 0 Å². The molecule has 2 aromatic carbocycles. The zero-order valence-corrected chi connectivity index (χ0v) is 11.8. The zero-order valence-electron chi connectivity index (χ0n) is 10.3. The molecule has 0 spiro atoms. The summed E-state index contributed by atoms with van der Waals surface area (Å²) in [5.74, 6) is -2.39. The largest absolute Gasteiger partial charge is 0.481 e. The lowest BCUT2D eigenvalue weighted by molar-refractivity contribution is -0.138. The van der Waals surface area contributed by atoms with Crippen molar-refractivity contribution in [3.05, 3.63) is 69.5 Å². The monoisotopic (exact) mass is 312 g/mol.